The molecule has 19 heavy (non-hydrogen) atoms. The van der Waals surface area contributed by atoms with E-state index in [0.29, 0.717) is 12.5 Å². The Labute approximate surface area is 119 Å². The van der Waals surface area contributed by atoms with Gasteiger partial charge >= 0.3 is 0 Å². The number of benzene rings is 1. The van der Waals surface area contributed by atoms with Crippen LogP contribution < -0.4 is 5.73 Å². The van der Waals surface area contributed by atoms with Gasteiger partial charge in [-0.3, -0.25) is 4.68 Å². The second kappa shape index (κ2) is 5.76. The highest BCUT2D eigenvalue weighted by atomic mass is 35.5. The molecule has 1 aromatic heterocycles. The third-order valence-electron chi connectivity index (χ3n) is 3.53. The first kappa shape index (κ1) is 14.1. The minimum Gasteiger partial charge on any atom is -0.330 e. The van der Waals surface area contributed by atoms with Crippen molar-refractivity contribution in [1.29, 1.82) is 0 Å². The largest absolute Gasteiger partial charge is 0.330 e. The van der Waals surface area contributed by atoms with Crippen molar-refractivity contribution in [3.8, 4) is 0 Å². The summed E-state index contributed by atoms with van der Waals surface area (Å²) < 4.78 is 2.04. The van der Waals surface area contributed by atoms with Crippen LogP contribution in [0.3, 0.4) is 0 Å². The van der Waals surface area contributed by atoms with Gasteiger partial charge in [0.05, 0.1) is 12.2 Å². The van der Waals surface area contributed by atoms with E-state index < -0.39 is 0 Å². The molecule has 2 aromatic rings. The molecule has 2 N–H and O–H groups in total. The Balaban J connectivity index is 2.29. The molecule has 0 saturated heterocycles. The van der Waals surface area contributed by atoms with Crippen LogP contribution in [-0.2, 0) is 6.54 Å². The molecular weight excluding hydrogens is 258 g/mol. The summed E-state index contributed by atoms with van der Waals surface area (Å²) in [5.74, 6) is 0.346. The molecular formula is C15H20ClN3. The van der Waals surface area contributed by atoms with E-state index in [1.54, 1.807) is 0 Å². The normalized spacial score (nSPS) is 12.7. The summed E-state index contributed by atoms with van der Waals surface area (Å²) in [6.07, 6.45) is 0. The monoisotopic (exact) mass is 277 g/mol. The Hall–Kier alpha value is -1.32. The summed E-state index contributed by atoms with van der Waals surface area (Å²) in [5, 5.41) is 5.38. The Morgan fingerprint density at radius 3 is 2.47 bits per heavy atom. The maximum Gasteiger partial charge on any atom is 0.0662 e. The number of rotatable bonds is 4. The van der Waals surface area contributed by atoms with E-state index in [9.17, 15) is 0 Å². The zero-order chi connectivity index (χ0) is 14.0. The lowest BCUT2D eigenvalue weighted by atomic mass is 9.99. The van der Waals surface area contributed by atoms with E-state index in [-0.39, 0.29) is 0 Å². The van der Waals surface area contributed by atoms with Crippen LogP contribution >= 0.6 is 11.6 Å². The first-order valence-corrected chi connectivity index (χ1v) is 6.89. The van der Waals surface area contributed by atoms with Crippen LogP contribution in [0, 0.1) is 13.8 Å². The molecule has 0 fully saturated rings. The summed E-state index contributed by atoms with van der Waals surface area (Å²) in [7, 11) is 0. The van der Waals surface area contributed by atoms with E-state index in [0.717, 1.165) is 17.3 Å². The topological polar surface area (TPSA) is 43.8 Å². The van der Waals surface area contributed by atoms with Crippen molar-refractivity contribution in [2.45, 2.75) is 33.2 Å². The van der Waals surface area contributed by atoms with E-state index in [1.165, 1.54) is 16.8 Å². The van der Waals surface area contributed by atoms with Crippen LogP contribution in [0.25, 0.3) is 0 Å². The summed E-state index contributed by atoms with van der Waals surface area (Å²) in [4.78, 5) is 0. The molecule has 0 amide bonds. The smallest absolute Gasteiger partial charge is 0.0662 e. The molecule has 102 valence electrons. The number of hydrogen-bond donors (Lipinski definition) is 1. The van der Waals surface area contributed by atoms with Gasteiger partial charge in [0.1, 0.15) is 0 Å². The fourth-order valence-electron chi connectivity index (χ4n) is 2.46. The number of nitrogens with two attached hydrogens (primary N) is 1. The van der Waals surface area contributed by atoms with E-state index in [4.69, 9.17) is 17.3 Å². The van der Waals surface area contributed by atoms with Crippen molar-refractivity contribution in [2.75, 3.05) is 6.54 Å². The molecule has 1 heterocycles. The number of nitrogens with zero attached hydrogens (tertiary/aromatic N) is 2. The molecule has 0 aliphatic heterocycles. The van der Waals surface area contributed by atoms with Crippen molar-refractivity contribution in [2.24, 2.45) is 5.73 Å². The van der Waals surface area contributed by atoms with Crippen LogP contribution in [0.2, 0.25) is 5.02 Å². The zero-order valence-corrected chi connectivity index (χ0v) is 12.4. The van der Waals surface area contributed by atoms with Crippen LogP contribution in [-0.4, -0.2) is 16.3 Å². The molecule has 4 heteroatoms. The SMILES string of the molecule is Cc1nn(Cc2ccc(Cl)cc2)c(C)c1C(C)CN. The van der Waals surface area contributed by atoms with Crippen molar-refractivity contribution in [3.05, 3.63) is 51.8 Å². The van der Waals surface area contributed by atoms with Crippen LogP contribution in [0.4, 0.5) is 0 Å². The number of aryl methyl sites for hydroxylation is 1. The van der Waals surface area contributed by atoms with Crippen molar-refractivity contribution in [3.63, 3.8) is 0 Å². The molecule has 1 atom stereocenters. The van der Waals surface area contributed by atoms with Gasteiger partial charge in [-0.05, 0) is 44.0 Å². The van der Waals surface area contributed by atoms with Gasteiger partial charge in [0.2, 0.25) is 0 Å². The molecule has 1 unspecified atom stereocenters. The second-order valence-electron chi connectivity index (χ2n) is 5.01. The molecule has 0 radical (unpaired) electrons. The van der Waals surface area contributed by atoms with Crippen LogP contribution in [0.1, 0.15) is 35.4 Å². The third kappa shape index (κ3) is 2.99. The van der Waals surface area contributed by atoms with Crippen molar-refractivity contribution < 1.29 is 0 Å². The number of aromatic nitrogens is 2. The quantitative estimate of drug-likeness (QED) is 0.932. The standard InChI is InChI=1S/C15H20ClN3/c1-10(8-17)15-11(2)18-19(12(15)3)9-13-4-6-14(16)7-5-13/h4-7,10H,8-9,17H2,1-3H3. The number of hydrogen-bond acceptors (Lipinski definition) is 2. The molecule has 1 aromatic carbocycles. The van der Waals surface area contributed by atoms with Gasteiger partial charge in [-0.1, -0.05) is 30.7 Å². The Morgan fingerprint density at radius 1 is 1.26 bits per heavy atom. The average Bonchev–Trinajstić information content (AvgIpc) is 2.66. The summed E-state index contributed by atoms with van der Waals surface area (Å²) in [5.41, 5.74) is 10.5. The van der Waals surface area contributed by atoms with Crippen LogP contribution in [0.5, 0.6) is 0 Å². The molecule has 0 aliphatic carbocycles. The highest BCUT2D eigenvalue weighted by molar-refractivity contribution is 6.30. The van der Waals surface area contributed by atoms with Gasteiger partial charge in [-0.2, -0.15) is 5.10 Å². The minimum atomic E-state index is 0.346. The first-order valence-electron chi connectivity index (χ1n) is 6.51. The van der Waals surface area contributed by atoms with Crippen LogP contribution in [0.15, 0.2) is 24.3 Å². The van der Waals surface area contributed by atoms with Gasteiger partial charge in [0.25, 0.3) is 0 Å². The fraction of sp³-hybridized carbons (Fsp3) is 0.400. The molecule has 0 bridgehead atoms. The molecule has 0 spiro atoms. The van der Waals surface area contributed by atoms with E-state index in [1.807, 2.05) is 35.9 Å². The highest BCUT2D eigenvalue weighted by Crippen LogP contribution is 2.23. The Bertz CT molecular complexity index is 558. The molecule has 2 rings (SSSR count). The fourth-order valence-corrected chi connectivity index (χ4v) is 2.58. The summed E-state index contributed by atoms with van der Waals surface area (Å²) >= 11 is 5.90. The zero-order valence-electron chi connectivity index (χ0n) is 11.7. The minimum absolute atomic E-state index is 0.346. The van der Waals surface area contributed by atoms with Gasteiger partial charge < -0.3 is 5.73 Å². The maximum atomic E-state index is 5.90. The van der Waals surface area contributed by atoms with Crippen molar-refractivity contribution >= 4 is 11.6 Å². The van der Waals surface area contributed by atoms with Gasteiger partial charge in [-0.25, -0.2) is 0 Å². The Morgan fingerprint density at radius 2 is 1.89 bits per heavy atom. The second-order valence-corrected chi connectivity index (χ2v) is 5.44. The molecule has 3 nitrogen and oxygen atoms in total. The van der Waals surface area contributed by atoms with Gasteiger partial charge in [-0.15, -0.1) is 0 Å². The number of halogens is 1. The lowest BCUT2D eigenvalue weighted by Crippen LogP contribution is -2.11. The van der Waals surface area contributed by atoms with Gasteiger partial charge in [0, 0.05) is 16.3 Å². The highest BCUT2D eigenvalue weighted by Gasteiger charge is 2.16. The summed E-state index contributed by atoms with van der Waals surface area (Å²) in [6, 6.07) is 7.88. The average molecular weight is 278 g/mol. The maximum absolute atomic E-state index is 5.90. The summed E-state index contributed by atoms with van der Waals surface area (Å²) in [6.45, 7) is 7.71. The van der Waals surface area contributed by atoms with E-state index >= 15 is 0 Å². The predicted molar refractivity (Wildman–Crippen MR) is 79.7 cm³/mol. The molecule has 0 aliphatic rings. The lowest BCUT2D eigenvalue weighted by Gasteiger charge is -2.10. The van der Waals surface area contributed by atoms with Gasteiger partial charge in [0.15, 0.2) is 0 Å². The predicted octanol–water partition coefficient (Wildman–Crippen LogP) is 3.26. The Kier molecular flexibility index (Phi) is 4.27. The van der Waals surface area contributed by atoms with E-state index in [2.05, 4.69) is 18.9 Å². The molecule has 0 saturated carbocycles. The third-order valence-corrected chi connectivity index (χ3v) is 3.78. The van der Waals surface area contributed by atoms with Crippen molar-refractivity contribution in [1.82, 2.24) is 9.78 Å². The first-order chi connectivity index (χ1) is 9.02. The lowest BCUT2D eigenvalue weighted by molar-refractivity contribution is 0.655.